The lowest BCUT2D eigenvalue weighted by atomic mass is 10.3. The number of hydrogen-bond acceptors (Lipinski definition) is 3. The van der Waals surface area contributed by atoms with Gasteiger partial charge in [-0.25, -0.2) is 4.98 Å². The number of anilines is 1. The summed E-state index contributed by atoms with van der Waals surface area (Å²) in [6.45, 7) is 2.96. The Morgan fingerprint density at radius 1 is 1.69 bits per heavy atom. The molecule has 0 aliphatic heterocycles. The first-order valence-electron chi connectivity index (χ1n) is 4.22. The molecule has 2 N–H and O–H groups in total. The molecule has 0 aromatic carbocycles. The molecule has 13 heavy (non-hydrogen) atoms. The highest BCUT2D eigenvalue weighted by Gasteiger charge is 1.97. The van der Waals surface area contributed by atoms with Gasteiger partial charge in [0.25, 0.3) is 5.56 Å². The van der Waals surface area contributed by atoms with Gasteiger partial charge in [-0.3, -0.25) is 9.78 Å². The van der Waals surface area contributed by atoms with Crippen LogP contribution < -0.4 is 10.9 Å². The van der Waals surface area contributed by atoms with Crippen LogP contribution in [0.5, 0.6) is 0 Å². The minimum absolute atomic E-state index is 0.0883. The highest BCUT2D eigenvalue weighted by Crippen LogP contribution is 1.98. The van der Waals surface area contributed by atoms with E-state index in [0.717, 1.165) is 19.4 Å². The van der Waals surface area contributed by atoms with Crippen LogP contribution in [-0.4, -0.2) is 16.5 Å². The van der Waals surface area contributed by atoms with Gasteiger partial charge in [-0.2, -0.15) is 0 Å². The van der Waals surface area contributed by atoms with Crippen LogP contribution in [0.4, 0.5) is 5.95 Å². The Bertz CT molecular complexity index is 323. The van der Waals surface area contributed by atoms with Crippen molar-refractivity contribution < 1.29 is 0 Å². The molecule has 1 aromatic heterocycles. The van der Waals surface area contributed by atoms with Crippen LogP contribution in [0.25, 0.3) is 0 Å². The number of aromatic amines is 1. The number of nitrogens with zero attached hydrogens (tertiary/aromatic N) is 1. The molecule has 0 bridgehead atoms. The first-order chi connectivity index (χ1) is 6.24. The number of aromatic nitrogens is 2. The van der Waals surface area contributed by atoms with Crippen molar-refractivity contribution in [1.82, 2.24) is 9.97 Å². The van der Waals surface area contributed by atoms with E-state index in [2.05, 4.69) is 22.2 Å². The van der Waals surface area contributed by atoms with Gasteiger partial charge in [0.2, 0.25) is 5.95 Å². The molecule has 0 unspecified atom stereocenters. The molecular weight excluding hydrogens is 281 g/mol. The van der Waals surface area contributed by atoms with E-state index in [1.165, 1.54) is 0 Å². The molecule has 0 amide bonds. The molecule has 72 valence electrons. The second kappa shape index (κ2) is 5.21. The van der Waals surface area contributed by atoms with E-state index in [9.17, 15) is 4.79 Å². The third-order valence-electron chi connectivity index (χ3n) is 1.58. The van der Waals surface area contributed by atoms with Crippen molar-refractivity contribution in [2.24, 2.45) is 0 Å². The van der Waals surface area contributed by atoms with Crippen molar-refractivity contribution in [2.75, 3.05) is 11.9 Å². The summed E-state index contributed by atoms with van der Waals surface area (Å²) in [6, 6.07) is 0. The van der Waals surface area contributed by atoms with E-state index in [4.69, 9.17) is 0 Å². The maximum absolute atomic E-state index is 11.1. The van der Waals surface area contributed by atoms with E-state index < -0.39 is 0 Å². The first kappa shape index (κ1) is 10.5. The molecule has 0 aliphatic carbocycles. The van der Waals surface area contributed by atoms with E-state index in [1.54, 1.807) is 6.20 Å². The maximum atomic E-state index is 11.1. The number of H-pyrrole nitrogens is 1. The fourth-order valence-electron chi connectivity index (χ4n) is 0.853. The zero-order valence-electron chi connectivity index (χ0n) is 7.43. The number of halogens is 1. The van der Waals surface area contributed by atoms with Gasteiger partial charge in [0.05, 0.1) is 3.57 Å². The highest BCUT2D eigenvalue weighted by atomic mass is 127. The molecule has 0 fully saturated rings. The quantitative estimate of drug-likeness (QED) is 0.654. The van der Waals surface area contributed by atoms with Crippen LogP contribution in [-0.2, 0) is 0 Å². The Morgan fingerprint density at radius 3 is 3.08 bits per heavy atom. The predicted octanol–water partition coefficient (Wildman–Crippen LogP) is 1.59. The summed E-state index contributed by atoms with van der Waals surface area (Å²) in [6.07, 6.45) is 3.77. The Hall–Kier alpha value is -0.590. The summed E-state index contributed by atoms with van der Waals surface area (Å²) in [5, 5.41) is 3.04. The zero-order chi connectivity index (χ0) is 9.68. The van der Waals surface area contributed by atoms with Crippen LogP contribution in [0.3, 0.4) is 0 Å². The van der Waals surface area contributed by atoms with Gasteiger partial charge in [0, 0.05) is 12.7 Å². The molecular formula is C8H12IN3O. The van der Waals surface area contributed by atoms with Gasteiger partial charge in [0.1, 0.15) is 0 Å². The molecule has 1 heterocycles. The molecule has 0 saturated heterocycles. The SMILES string of the molecule is CCCCNc1ncc(I)c(=O)[nH]1. The second-order valence-corrected chi connectivity index (χ2v) is 3.85. The van der Waals surface area contributed by atoms with Crippen molar-refractivity contribution in [1.29, 1.82) is 0 Å². The van der Waals surface area contributed by atoms with Gasteiger partial charge in [-0.15, -0.1) is 0 Å². The number of unbranched alkanes of at least 4 members (excludes halogenated alkanes) is 1. The topological polar surface area (TPSA) is 57.8 Å². The van der Waals surface area contributed by atoms with Crippen LogP contribution in [0.2, 0.25) is 0 Å². The summed E-state index contributed by atoms with van der Waals surface area (Å²) >= 11 is 1.95. The van der Waals surface area contributed by atoms with Crippen molar-refractivity contribution >= 4 is 28.5 Å². The summed E-state index contributed by atoms with van der Waals surface area (Å²) in [7, 11) is 0. The maximum Gasteiger partial charge on any atom is 0.265 e. The molecule has 4 nitrogen and oxygen atoms in total. The molecule has 0 atom stereocenters. The Labute approximate surface area is 90.3 Å². The predicted molar refractivity (Wildman–Crippen MR) is 61.0 cm³/mol. The molecule has 0 aliphatic rings. The average molecular weight is 293 g/mol. The van der Waals surface area contributed by atoms with E-state index in [0.29, 0.717) is 9.52 Å². The van der Waals surface area contributed by atoms with Crippen LogP contribution in [0, 0.1) is 3.57 Å². The number of rotatable bonds is 4. The summed E-state index contributed by atoms with van der Waals surface area (Å²) in [4.78, 5) is 17.8. The lowest BCUT2D eigenvalue weighted by Gasteiger charge is -2.02. The Kier molecular flexibility index (Phi) is 4.20. The number of nitrogens with one attached hydrogen (secondary N) is 2. The molecule has 0 saturated carbocycles. The van der Waals surface area contributed by atoms with Gasteiger partial charge in [-0.05, 0) is 29.0 Å². The van der Waals surface area contributed by atoms with Crippen LogP contribution in [0.15, 0.2) is 11.0 Å². The highest BCUT2D eigenvalue weighted by molar-refractivity contribution is 14.1. The minimum Gasteiger partial charge on any atom is -0.356 e. The third kappa shape index (κ3) is 3.33. The molecule has 1 aromatic rings. The van der Waals surface area contributed by atoms with E-state index >= 15 is 0 Å². The third-order valence-corrected chi connectivity index (χ3v) is 2.35. The smallest absolute Gasteiger partial charge is 0.265 e. The average Bonchev–Trinajstić information content (AvgIpc) is 2.12. The summed E-state index contributed by atoms with van der Waals surface area (Å²) in [5.41, 5.74) is -0.0883. The molecule has 1 rings (SSSR count). The second-order valence-electron chi connectivity index (χ2n) is 2.69. The van der Waals surface area contributed by atoms with E-state index in [-0.39, 0.29) is 5.56 Å². The van der Waals surface area contributed by atoms with Gasteiger partial charge in [0.15, 0.2) is 0 Å². The molecule has 0 radical (unpaired) electrons. The van der Waals surface area contributed by atoms with Gasteiger partial charge >= 0.3 is 0 Å². The van der Waals surface area contributed by atoms with E-state index in [1.807, 2.05) is 22.6 Å². The van der Waals surface area contributed by atoms with Crippen molar-refractivity contribution in [3.05, 3.63) is 20.1 Å². The van der Waals surface area contributed by atoms with Gasteiger partial charge < -0.3 is 5.32 Å². The largest absolute Gasteiger partial charge is 0.356 e. The molecule has 5 heteroatoms. The fraction of sp³-hybridized carbons (Fsp3) is 0.500. The van der Waals surface area contributed by atoms with Crippen molar-refractivity contribution in [3.63, 3.8) is 0 Å². The summed E-state index contributed by atoms with van der Waals surface area (Å²) < 4.78 is 0.610. The fourth-order valence-corrected chi connectivity index (χ4v) is 1.13. The summed E-state index contributed by atoms with van der Waals surface area (Å²) in [5.74, 6) is 0.555. The zero-order valence-corrected chi connectivity index (χ0v) is 9.59. The normalized spacial score (nSPS) is 10.0. The van der Waals surface area contributed by atoms with Gasteiger partial charge in [-0.1, -0.05) is 13.3 Å². The lowest BCUT2D eigenvalue weighted by molar-refractivity contribution is 0.825. The monoisotopic (exact) mass is 293 g/mol. The minimum atomic E-state index is -0.0883. The Morgan fingerprint density at radius 2 is 2.46 bits per heavy atom. The van der Waals surface area contributed by atoms with Crippen LogP contribution in [0.1, 0.15) is 19.8 Å². The van der Waals surface area contributed by atoms with Crippen molar-refractivity contribution in [3.8, 4) is 0 Å². The molecule has 0 spiro atoms. The number of hydrogen-bond donors (Lipinski definition) is 2. The standard InChI is InChI=1S/C8H12IN3O/c1-2-3-4-10-8-11-5-6(9)7(13)12-8/h5H,2-4H2,1H3,(H2,10,11,12,13). The Balaban J connectivity index is 2.58. The van der Waals surface area contributed by atoms with Crippen molar-refractivity contribution in [2.45, 2.75) is 19.8 Å². The van der Waals surface area contributed by atoms with Crippen LogP contribution >= 0.6 is 22.6 Å². The first-order valence-corrected chi connectivity index (χ1v) is 5.30. The lowest BCUT2D eigenvalue weighted by Crippen LogP contribution is -2.15.